The van der Waals surface area contributed by atoms with E-state index in [0.717, 1.165) is 0 Å². The van der Waals surface area contributed by atoms with Crippen molar-refractivity contribution >= 4 is 29.2 Å². The molecule has 1 unspecified atom stereocenters. The molecule has 0 heterocycles. The molecule has 1 aliphatic rings. The van der Waals surface area contributed by atoms with Crippen LogP contribution < -0.4 is 0 Å². The Labute approximate surface area is 69.1 Å². The van der Waals surface area contributed by atoms with E-state index in [4.69, 9.17) is 28.3 Å². The van der Waals surface area contributed by atoms with Crippen molar-refractivity contribution in [2.75, 3.05) is 0 Å². The van der Waals surface area contributed by atoms with E-state index in [0.29, 0.717) is 6.42 Å². The highest BCUT2D eigenvalue weighted by Crippen LogP contribution is 2.65. The van der Waals surface area contributed by atoms with Crippen LogP contribution in [0.4, 0.5) is 0 Å². The highest BCUT2D eigenvalue weighted by atomic mass is 35.5. The summed E-state index contributed by atoms with van der Waals surface area (Å²) in [4.78, 5) is 10.2. The van der Waals surface area contributed by atoms with Crippen molar-refractivity contribution < 1.29 is 9.90 Å². The number of rotatable bonds is 2. The Bertz CT molecular complexity index is 179. The standard InChI is InChI=1S/C6H8Cl2O2/c1-5(2-4(9)10)3-6(5,7)8/h2-3H2,1H3,(H,9,10). The van der Waals surface area contributed by atoms with Crippen molar-refractivity contribution in [1.82, 2.24) is 0 Å². The first-order chi connectivity index (χ1) is 4.37. The zero-order valence-corrected chi connectivity index (χ0v) is 7.04. The Morgan fingerprint density at radius 2 is 2.10 bits per heavy atom. The molecule has 2 nitrogen and oxygen atoms in total. The van der Waals surface area contributed by atoms with E-state index in [2.05, 4.69) is 0 Å². The maximum atomic E-state index is 10.2. The maximum absolute atomic E-state index is 10.2. The predicted octanol–water partition coefficient (Wildman–Crippen LogP) is 2.04. The van der Waals surface area contributed by atoms with Gasteiger partial charge in [-0.1, -0.05) is 6.92 Å². The molecule has 0 radical (unpaired) electrons. The number of hydrogen-bond acceptors (Lipinski definition) is 1. The van der Waals surface area contributed by atoms with Gasteiger partial charge < -0.3 is 5.11 Å². The summed E-state index contributed by atoms with van der Waals surface area (Å²) in [5.41, 5.74) is -0.401. The molecular formula is C6H8Cl2O2. The first kappa shape index (κ1) is 8.15. The van der Waals surface area contributed by atoms with Crippen LogP contribution in [0.3, 0.4) is 0 Å². The largest absolute Gasteiger partial charge is 0.481 e. The SMILES string of the molecule is CC1(CC(=O)O)CC1(Cl)Cl. The summed E-state index contributed by atoms with van der Waals surface area (Å²) >= 11 is 11.4. The van der Waals surface area contributed by atoms with Crippen LogP contribution in [0.15, 0.2) is 0 Å². The first-order valence-corrected chi connectivity index (χ1v) is 3.73. The van der Waals surface area contributed by atoms with Crippen LogP contribution in [-0.4, -0.2) is 15.4 Å². The van der Waals surface area contributed by atoms with Crippen molar-refractivity contribution in [3.63, 3.8) is 0 Å². The number of hydrogen-bond donors (Lipinski definition) is 1. The van der Waals surface area contributed by atoms with Crippen molar-refractivity contribution in [2.45, 2.75) is 24.1 Å². The lowest BCUT2D eigenvalue weighted by Gasteiger charge is -2.06. The van der Waals surface area contributed by atoms with Gasteiger partial charge in [-0.25, -0.2) is 0 Å². The summed E-state index contributed by atoms with van der Waals surface area (Å²) in [6.07, 6.45) is 0.634. The summed E-state index contributed by atoms with van der Waals surface area (Å²) in [7, 11) is 0. The molecule has 1 fully saturated rings. The summed E-state index contributed by atoms with van der Waals surface area (Å²) in [5, 5.41) is 8.40. The Kier molecular flexibility index (Phi) is 1.64. The predicted molar refractivity (Wildman–Crippen MR) is 39.4 cm³/mol. The Balaban J connectivity index is 2.52. The molecule has 10 heavy (non-hydrogen) atoms. The minimum atomic E-state index is -0.842. The number of halogens is 2. The monoisotopic (exact) mass is 182 g/mol. The maximum Gasteiger partial charge on any atom is 0.304 e. The molecule has 1 saturated carbocycles. The average Bonchev–Trinajstić information content (AvgIpc) is 2.01. The Hall–Kier alpha value is 0.0500. The van der Waals surface area contributed by atoms with Crippen LogP contribution in [0.5, 0.6) is 0 Å². The van der Waals surface area contributed by atoms with Crippen LogP contribution in [0.1, 0.15) is 19.8 Å². The van der Waals surface area contributed by atoms with Gasteiger partial charge in [-0.2, -0.15) is 0 Å². The van der Waals surface area contributed by atoms with Crippen LogP contribution in [0, 0.1) is 5.41 Å². The Morgan fingerprint density at radius 1 is 1.70 bits per heavy atom. The lowest BCUT2D eigenvalue weighted by molar-refractivity contribution is -0.138. The van der Waals surface area contributed by atoms with Gasteiger partial charge in [0.05, 0.1) is 6.42 Å². The fraction of sp³-hybridized carbons (Fsp3) is 0.833. The average molecular weight is 183 g/mol. The summed E-state index contributed by atoms with van der Waals surface area (Å²) in [6, 6.07) is 0. The molecule has 1 N–H and O–H groups in total. The third kappa shape index (κ3) is 1.23. The second-order valence-electron chi connectivity index (χ2n) is 3.01. The summed E-state index contributed by atoms with van der Waals surface area (Å²) < 4.78 is -0.800. The molecule has 58 valence electrons. The van der Waals surface area contributed by atoms with Crippen molar-refractivity contribution in [3.05, 3.63) is 0 Å². The van der Waals surface area contributed by atoms with E-state index in [1.165, 1.54) is 0 Å². The highest BCUT2D eigenvalue weighted by molar-refractivity contribution is 6.51. The zero-order valence-electron chi connectivity index (χ0n) is 5.53. The molecule has 0 aromatic rings. The van der Waals surface area contributed by atoms with Crippen molar-refractivity contribution in [1.29, 1.82) is 0 Å². The van der Waals surface area contributed by atoms with E-state index in [1.54, 1.807) is 6.92 Å². The normalized spacial score (nSPS) is 35.5. The molecule has 4 heteroatoms. The molecule has 1 atom stereocenters. The van der Waals surface area contributed by atoms with Crippen LogP contribution in [-0.2, 0) is 4.79 Å². The van der Waals surface area contributed by atoms with Gasteiger partial charge in [-0.3, -0.25) is 4.79 Å². The smallest absolute Gasteiger partial charge is 0.304 e. The quantitative estimate of drug-likeness (QED) is 0.665. The zero-order chi connectivity index (χ0) is 7.99. The fourth-order valence-corrected chi connectivity index (χ4v) is 1.69. The molecular weight excluding hydrogens is 175 g/mol. The molecule has 0 aromatic heterocycles. The number of aliphatic carboxylic acids is 1. The second-order valence-corrected chi connectivity index (χ2v) is 4.50. The van der Waals surface area contributed by atoms with Gasteiger partial charge in [-0.05, 0) is 6.42 Å². The van der Waals surface area contributed by atoms with Gasteiger partial charge in [0.1, 0.15) is 4.33 Å². The van der Waals surface area contributed by atoms with Gasteiger partial charge in [0, 0.05) is 5.41 Å². The van der Waals surface area contributed by atoms with E-state index < -0.39 is 15.7 Å². The number of alkyl halides is 2. The molecule has 1 rings (SSSR count). The molecule has 0 saturated heterocycles. The minimum Gasteiger partial charge on any atom is -0.481 e. The topological polar surface area (TPSA) is 37.3 Å². The lowest BCUT2D eigenvalue weighted by atomic mass is 10.1. The van der Waals surface area contributed by atoms with Gasteiger partial charge in [-0.15, -0.1) is 23.2 Å². The minimum absolute atomic E-state index is 0.0556. The van der Waals surface area contributed by atoms with Crippen molar-refractivity contribution in [3.8, 4) is 0 Å². The molecule has 0 aliphatic heterocycles. The molecule has 0 amide bonds. The summed E-state index contributed by atoms with van der Waals surface area (Å²) in [6.45, 7) is 1.78. The van der Waals surface area contributed by atoms with E-state index in [9.17, 15) is 4.79 Å². The molecule has 0 bridgehead atoms. The van der Waals surface area contributed by atoms with Gasteiger partial charge in [0.15, 0.2) is 0 Å². The third-order valence-corrected chi connectivity index (χ3v) is 3.09. The van der Waals surface area contributed by atoms with Crippen LogP contribution in [0.25, 0.3) is 0 Å². The fourth-order valence-electron chi connectivity index (χ4n) is 0.971. The highest BCUT2D eigenvalue weighted by Gasteiger charge is 2.63. The summed E-state index contributed by atoms with van der Waals surface area (Å²) in [5.74, 6) is -0.842. The molecule has 1 aliphatic carbocycles. The third-order valence-electron chi connectivity index (χ3n) is 1.91. The number of carbonyl (C=O) groups is 1. The van der Waals surface area contributed by atoms with Gasteiger partial charge >= 0.3 is 5.97 Å². The van der Waals surface area contributed by atoms with Gasteiger partial charge in [0.25, 0.3) is 0 Å². The second kappa shape index (κ2) is 2.02. The van der Waals surface area contributed by atoms with Gasteiger partial charge in [0.2, 0.25) is 0 Å². The molecule has 0 spiro atoms. The molecule has 0 aromatic carbocycles. The van der Waals surface area contributed by atoms with Crippen LogP contribution in [0.2, 0.25) is 0 Å². The van der Waals surface area contributed by atoms with E-state index >= 15 is 0 Å². The van der Waals surface area contributed by atoms with Crippen molar-refractivity contribution in [2.24, 2.45) is 5.41 Å². The number of carboxylic acids is 1. The van der Waals surface area contributed by atoms with Crippen LogP contribution >= 0.6 is 23.2 Å². The lowest BCUT2D eigenvalue weighted by Crippen LogP contribution is -2.10. The van der Waals surface area contributed by atoms with E-state index in [-0.39, 0.29) is 6.42 Å². The number of carboxylic acid groups (broad SMARTS) is 1. The Morgan fingerprint density at radius 3 is 2.20 bits per heavy atom. The van der Waals surface area contributed by atoms with E-state index in [1.807, 2.05) is 0 Å². The first-order valence-electron chi connectivity index (χ1n) is 2.97.